The summed E-state index contributed by atoms with van der Waals surface area (Å²) in [5.41, 5.74) is 0.706. The Bertz CT molecular complexity index is 412. The van der Waals surface area contributed by atoms with Crippen LogP contribution >= 0.6 is 15.9 Å². The highest BCUT2D eigenvalue weighted by Gasteiger charge is 2.48. The number of hydrogen-bond acceptors (Lipinski definition) is 2. The standard InChI is InChI=1S/C14H17BrO2/c15-13-12(16)10-6-2-3-7-11(10)17-14(13)8-4-1-5-9-14/h2-3,6-7,12-13,16H,1,4-5,8-9H2. The molecule has 1 heterocycles. The van der Waals surface area contributed by atoms with Crippen molar-refractivity contribution in [1.82, 2.24) is 0 Å². The fourth-order valence-electron chi connectivity index (χ4n) is 3.07. The highest BCUT2D eigenvalue weighted by Crippen LogP contribution is 2.49. The van der Waals surface area contributed by atoms with Gasteiger partial charge >= 0.3 is 0 Å². The van der Waals surface area contributed by atoms with E-state index in [0.29, 0.717) is 0 Å². The van der Waals surface area contributed by atoms with Crippen LogP contribution in [0, 0.1) is 0 Å². The molecule has 2 atom stereocenters. The first-order valence-corrected chi connectivity index (χ1v) is 7.25. The Morgan fingerprint density at radius 1 is 1.18 bits per heavy atom. The Morgan fingerprint density at radius 2 is 1.88 bits per heavy atom. The molecule has 1 aliphatic heterocycles. The van der Waals surface area contributed by atoms with Crippen molar-refractivity contribution in [2.45, 2.75) is 48.6 Å². The van der Waals surface area contributed by atoms with Crippen molar-refractivity contribution in [1.29, 1.82) is 0 Å². The number of ether oxygens (including phenoxy) is 1. The predicted octanol–water partition coefficient (Wildman–Crippen LogP) is 3.58. The lowest BCUT2D eigenvalue weighted by Gasteiger charge is -2.46. The molecule has 17 heavy (non-hydrogen) atoms. The van der Waals surface area contributed by atoms with Gasteiger partial charge in [-0.2, -0.15) is 0 Å². The molecule has 3 rings (SSSR count). The van der Waals surface area contributed by atoms with Crippen LogP contribution < -0.4 is 4.74 Å². The van der Waals surface area contributed by atoms with Crippen LogP contribution in [0.25, 0.3) is 0 Å². The smallest absolute Gasteiger partial charge is 0.126 e. The zero-order valence-corrected chi connectivity index (χ0v) is 11.3. The van der Waals surface area contributed by atoms with Crippen LogP contribution in [-0.2, 0) is 0 Å². The molecule has 1 spiro atoms. The number of fused-ring (bicyclic) bond motifs is 1. The van der Waals surface area contributed by atoms with Crippen LogP contribution in [0.2, 0.25) is 0 Å². The third kappa shape index (κ3) is 1.80. The summed E-state index contributed by atoms with van der Waals surface area (Å²) in [6, 6.07) is 7.83. The largest absolute Gasteiger partial charge is 0.486 e. The van der Waals surface area contributed by atoms with Crippen molar-refractivity contribution in [2.24, 2.45) is 0 Å². The summed E-state index contributed by atoms with van der Waals surface area (Å²) in [5, 5.41) is 10.4. The molecule has 1 fully saturated rings. The fourth-order valence-corrected chi connectivity index (χ4v) is 3.90. The fraction of sp³-hybridized carbons (Fsp3) is 0.571. The predicted molar refractivity (Wildman–Crippen MR) is 70.6 cm³/mol. The summed E-state index contributed by atoms with van der Waals surface area (Å²) in [6.07, 6.45) is 5.28. The van der Waals surface area contributed by atoms with E-state index in [0.717, 1.165) is 24.2 Å². The van der Waals surface area contributed by atoms with Crippen molar-refractivity contribution in [3.8, 4) is 5.75 Å². The van der Waals surface area contributed by atoms with Crippen molar-refractivity contribution < 1.29 is 9.84 Å². The summed E-state index contributed by atoms with van der Waals surface area (Å²) in [6.45, 7) is 0. The number of para-hydroxylation sites is 1. The molecule has 92 valence electrons. The van der Waals surface area contributed by atoms with Crippen molar-refractivity contribution in [2.75, 3.05) is 0 Å². The molecule has 0 bridgehead atoms. The van der Waals surface area contributed by atoms with E-state index < -0.39 is 6.10 Å². The zero-order valence-electron chi connectivity index (χ0n) is 9.73. The van der Waals surface area contributed by atoms with Gasteiger partial charge in [0.05, 0.1) is 10.9 Å². The van der Waals surface area contributed by atoms with Gasteiger partial charge in [0.1, 0.15) is 11.4 Å². The van der Waals surface area contributed by atoms with Crippen LogP contribution in [0.5, 0.6) is 5.75 Å². The zero-order chi connectivity index (χ0) is 11.9. The first-order chi connectivity index (χ1) is 8.23. The van der Waals surface area contributed by atoms with Crippen LogP contribution in [0.3, 0.4) is 0 Å². The van der Waals surface area contributed by atoms with Gasteiger partial charge in [-0.15, -0.1) is 0 Å². The molecule has 1 aliphatic carbocycles. The molecular weight excluding hydrogens is 280 g/mol. The number of rotatable bonds is 0. The minimum absolute atomic E-state index is 0.00481. The van der Waals surface area contributed by atoms with E-state index in [9.17, 15) is 5.11 Å². The molecular formula is C14H17BrO2. The van der Waals surface area contributed by atoms with E-state index in [-0.39, 0.29) is 10.4 Å². The van der Waals surface area contributed by atoms with Gasteiger partial charge < -0.3 is 9.84 Å². The molecule has 1 saturated carbocycles. The monoisotopic (exact) mass is 296 g/mol. The van der Waals surface area contributed by atoms with Gasteiger partial charge in [-0.3, -0.25) is 0 Å². The number of halogens is 1. The van der Waals surface area contributed by atoms with Gasteiger partial charge in [-0.25, -0.2) is 0 Å². The average Bonchev–Trinajstić information content (AvgIpc) is 2.37. The maximum atomic E-state index is 10.4. The highest BCUT2D eigenvalue weighted by molar-refractivity contribution is 9.09. The molecule has 0 aromatic heterocycles. The van der Waals surface area contributed by atoms with E-state index in [1.165, 1.54) is 19.3 Å². The Kier molecular flexibility index (Phi) is 2.91. The molecule has 1 aromatic carbocycles. The minimum atomic E-state index is -0.460. The lowest BCUT2D eigenvalue weighted by molar-refractivity contribution is -0.0281. The number of alkyl halides is 1. The number of hydrogen-bond donors (Lipinski definition) is 1. The van der Waals surface area contributed by atoms with Crippen LogP contribution in [0.4, 0.5) is 0 Å². The quantitative estimate of drug-likeness (QED) is 0.742. The highest BCUT2D eigenvalue weighted by atomic mass is 79.9. The molecule has 2 aliphatic rings. The van der Waals surface area contributed by atoms with Crippen LogP contribution in [-0.4, -0.2) is 15.5 Å². The van der Waals surface area contributed by atoms with Gasteiger partial charge in [0.15, 0.2) is 0 Å². The Balaban J connectivity index is 2.00. The molecule has 1 N–H and O–H groups in total. The molecule has 2 unspecified atom stereocenters. The second-order valence-electron chi connectivity index (χ2n) is 5.11. The second-order valence-corrected chi connectivity index (χ2v) is 6.10. The van der Waals surface area contributed by atoms with Crippen molar-refractivity contribution >= 4 is 15.9 Å². The topological polar surface area (TPSA) is 29.5 Å². The maximum absolute atomic E-state index is 10.4. The van der Waals surface area contributed by atoms with E-state index in [1.807, 2.05) is 24.3 Å². The van der Waals surface area contributed by atoms with Crippen molar-refractivity contribution in [3.05, 3.63) is 29.8 Å². The number of benzene rings is 1. The Morgan fingerprint density at radius 3 is 2.65 bits per heavy atom. The first-order valence-electron chi connectivity index (χ1n) is 6.33. The SMILES string of the molecule is OC1c2ccccc2OC2(CCCCC2)C1Br. The molecule has 0 amide bonds. The summed E-state index contributed by atoms with van der Waals surface area (Å²) >= 11 is 3.67. The second kappa shape index (κ2) is 4.29. The van der Waals surface area contributed by atoms with Gasteiger partial charge in [0, 0.05) is 5.56 Å². The minimum Gasteiger partial charge on any atom is -0.486 e. The van der Waals surface area contributed by atoms with Crippen LogP contribution in [0.15, 0.2) is 24.3 Å². The number of aliphatic hydroxyl groups is 1. The van der Waals surface area contributed by atoms with Gasteiger partial charge in [0.2, 0.25) is 0 Å². The van der Waals surface area contributed by atoms with E-state index in [2.05, 4.69) is 15.9 Å². The number of aliphatic hydroxyl groups excluding tert-OH is 1. The summed E-state index contributed by atoms with van der Waals surface area (Å²) in [7, 11) is 0. The third-order valence-corrected chi connectivity index (χ3v) is 5.37. The lowest BCUT2D eigenvalue weighted by Crippen LogP contribution is -2.51. The normalized spacial score (nSPS) is 30.7. The molecule has 1 aromatic rings. The maximum Gasteiger partial charge on any atom is 0.126 e. The van der Waals surface area contributed by atoms with Gasteiger partial charge in [0.25, 0.3) is 0 Å². The van der Waals surface area contributed by atoms with Crippen molar-refractivity contribution in [3.63, 3.8) is 0 Å². The summed E-state index contributed by atoms with van der Waals surface area (Å²) in [4.78, 5) is 0.00481. The summed E-state index contributed by atoms with van der Waals surface area (Å²) in [5.74, 6) is 0.859. The van der Waals surface area contributed by atoms with Gasteiger partial charge in [-0.1, -0.05) is 40.5 Å². The summed E-state index contributed by atoms with van der Waals surface area (Å²) < 4.78 is 6.24. The molecule has 0 saturated heterocycles. The van der Waals surface area contributed by atoms with Crippen LogP contribution in [0.1, 0.15) is 43.8 Å². The Hall–Kier alpha value is -0.540. The van der Waals surface area contributed by atoms with E-state index in [1.54, 1.807) is 0 Å². The lowest BCUT2D eigenvalue weighted by atomic mass is 9.78. The van der Waals surface area contributed by atoms with Gasteiger partial charge in [-0.05, 0) is 31.7 Å². The molecule has 2 nitrogen and oxygen atoms in total. The van der Waals surface area contributed by atoms with E-state index in [4.69, 9.17) is 4.74 Å². The Labute approximate surface area is 110 Å². The third-order valence-electron chi connectivity index (χ3n) is 4.03. The molecule has 3 heteroatoms. The van der Waals surface area contributed by atoms with E-state index >= 15 is 0 Å². The first kappa shape index (κ1) is 11.5. The molecule has 0 radical (unpaired) electrons. The average molecular weight is 297 g/mol.